The van der Waals surface area contributed by atoms with Crippen LogP contribution >= 0.6 is 15.9 Å². The maximum atomic E-state index is 12.6. The monoisotopic (exact) mass is 339 g/mol. The molecule has 1 heterocycles. The lowest BCUT2D eigenvalue weighted by atomic mass is 9.76. The molecule has 4 nitrogen and oxygen atoms in total. The van der Waals surface area contributed by atoms with E-state index in [2.05, 4.69) is 21.2 Å². The summed E-state index contributed by atoms with van der Waals surface area (Å²) in [7, 11) is 0. The van der Waals surface area contributed by atoms with Crippen molar-refractivity contribution in [3.05, 3.63) is 33.8 Å². The van der Waals surface area contributed by atoms with Crippen LogP contribution in [0.3, 0.4) is 0 Å². The SMILES string of the molecule is CCC1(OC(C)=O)C(=O)NC(C)(C)c2ccc(Br)cc21. The number of esters is 1. The minimum atomic E-state index is -1.25. The van der Waals surface area contributed by atoms with E-state index in [1.807, 2.05) is 39.0 Å². The number of carbonyl (C=O) groups is 2. The summed E-state index contributed by atoms with van der Waals surface area (Å²) < 4.78 is 6.30. The number of ether oxygens (including phenoxy) is 1. The Morgan fingerprint density at radius 3 is 2.55 bits per heavy atom. The molecule has 0 saturated heterocycles. The average Bonchev–Trinajstić information content (AvgIpc) is 2.33. The first-order valence-electron chi connectivity index (χ1n) is 6.55. The number of hydrogen-bond acceptors (Lipinski definition) is 3. The van der Waals surface area contributed by atoms with E-state index >= 15 is 0 Å². The van der Waals surface area contributed by atoms with Crippen molar-refractivity contribution in [3.8, 4) is 0 Å². The fourth-order valence-corrected chi connectivity index (χ4v) is 3.10. The minimum absolute atomic E-state index is 0.272. The quantitative estimate of drug-likeness (QED) is 0.842. The summed E-state index contributed by atoms with van der Waals surface area (Å²) in [5, 5.41) is 2.95. The van der Waals surface area contributed by atoms with Crippen molar-refractivity contribution in [2.24, 2.45) is 0 Å². The van der Waals surface area contributed by atoms with Gasteiger partial charge in [-0.25, -0.2) is 0 Å². The van der Waals surface area contributed by atoms with Crippen LogP contribution in [0.1, 0.15) is 45.2 Å². The summed E-state index contributed by atoms with van der Waals surface area (Å²) >= 11 is 3.42. The molecule has 108 valence electrons. The van der Waals surface area contributed by atoms with Gasteiger partial charge < -0.3 is 10.1 Å². The van der Waals surface area contributed by atoms with Gasteiger partial charge in [0.15, 0.2) is 0 Å². The second-order valence-corrected chi connectivity index (χ2v) is 6.46. The lowest BCUT2D eigenvalue weighted by molar-refractivity contribution is -0.171. The summed E-state index contributed by atoms with van der Waals surface area (Å²) in [6.45, 7) is 7.03. The number of hydrogen-bond donors (Lipinski definition) is 1. The molecule has 1 atom stereocenters. The van der Waals surface area contributed by atoms with E-state index in [-0.39, 0.29) is 5.91 Å². The largest absolute Gasteiger partial charge is 0.444 e. The molecule has 0 bridgehead atoms. The highest BCUT2D eigenvalue weighted by molar-refractivity contribution is 9.10. The lowest BCUT2D eigenvalue weighted by Gasteiger charge is -2.43. The Hall–Kier alpha value is -1.36. The molecule has 0 aromatic heterocycles. The van der Waals surface area contributed by atoms with Gasteiger partial charge in [0.05, 0.1) is 5.54 Å². The molecule has 20 heavy (non-hydrogen) atoms. The summed E-state index contributed by atoms with van der Waals surface area (Å²) in [4.78, 5) is 24.0. The number of halogens is 1. The third-order valence-electron chi connectivity index (χ3n) is 3.70. The van der Waals surface area contributed by atoms with Gasteiger partial charge in [0.2, 0.25) is 5.60 Å². The molecule has 0 radical (unpaired) electrons. The molecule has 1 aromatic rings. The van der Waals surface area contributed by atoms with Crippen molar-refractivity contribution in [3.63, 3.8) is 0 Å². The van der Waals surface area contributed by atoms with E-state index in [0.717, 1.165) is 15.6 Å². The Morgan fingerprint density at radius 1 is 1.35 bits per heavy atom. The van der Waals surface area contributed by atoms with Crippen LogP contribution in [0.4, 0.5) is 0 Å². The maximum absolute atomic E-state index is 12.6. The first kappa shape index (κ1) is 15.0. The second-order valence-electron chi connectivity index (χ2n) is 5.54. The lowest BCUT2D eigenvalue weighted by Crippen LogP contribution is -2.58. The van der Waals surface area contributed by atoms with E-state index < -0.39 is 17.1 Å². The topological polar surface area (TPSA) is 55.4 Å². The molecular weight excluding hydrogens is 322 g/mol. The van der Waals surface area contributed by atoms with Gasteiger partial charge in [0, 0.05) is 17.0 Å². The van der Waals surface area contributed by atoms with Gasteiger partial charge in [-0.2, -0.15) is 0 Å². The van der Waals surface area contributed by atoms with E-state index in [4.69, 9.17) is 4.74 Å². The number of fused-ring (bicyclic) bond motifs is 1. The molecule has 0 aliphatic carbocycles. The van der Waals surface area contributed by atoms with E-state index in [9.17, 15) is 9.59 Å². The Bertz CT molecular complexity index is 582. The molecule has 1 unspecified atom stereocenters. The molecule has 1 N–H and O–H groups in total. The summed E-state index contributed by atoms with van der Waals surface area (Å²) in [6.07, 6.45) is 0.387. The number of amides is 1. The molecule has 0 saturated carbocycles. The van der Waals surface area contributed by atoms with Crippen LogP contribution in [0.2, 0.25) is 0 Å². The van der Waals surface area contributed by atoms with Gasteiger partial charge in [-0.1, -0.05) is 28.9 Å². The van der Waals surface area contributed by atoms with Crippen LogP contribution in [0, 0.1) is 0 Å². The molecule has 0 spiro atoms. The molecule has 0 fully saturated rings. The van der Waals surface area contributed by atoms with Crippen LogP contribution in [0.25, 0.3) is 0 Å². The Balaban J connectivity index is 2.73. The molecular formula is C15H18BrNO3. The van der Waals surface area contributed by atoms with Crippen molar-refractivity contribution in [1.82, 2.24) is 5.32 Å². The average molecular weight is 340 g/mol. The summed E-state index contributed by atoms with van der Waals surface area (Å²) in [5.74, 6) is -0.738. The zero-order chi connectivity index (χ0) is 15.1. The molecule has 5 heteroatoms. The van der Waals surface area contributed by atoms with E-state index in [1.165, 1.54) is 6.92 Å². The van der Waals surface area contributed by atoms with Gasteiger partial charge in [-0.15, -0.1) is 0 Å². The zero-order valence-electron chi connectivity index (χ0n) is 12.0. The van der Waals surface area contributed by atoms with Crippen molar-refractivity contribution in [2.75, 3.05) is 0 Å². The van der Waals surface area contributed by atoms with Gasteiger partial charge in [0.1, 0.15) is 0 Å². The van der Waals surface area contributed by atoms with Crippen molar-refractivity contribution < 1.29 is 14.3 Å². The number of benzene rings is 1. The summed E-state index contributed by atoms with van der Waals surface area (Å²) in [5.41, 5.74) is -0.0337. The van der Waals surface area contributed by atoms with E-state index in [0.29, 0.717) is 6.42 Å². The number of nitrogens with one attached hydrogen (secondary N) is 1. The zero-order valence-corrected chi connectivity index (χ0v) is 13.6. The van der Waals surface area contributed by atoms with Crippen molar-refractivity contribution >= 4 is 27.8 Å². The van der Waals surface area contributed by atoms with Crippen LogP contribution in [-0.4, -0.2) is 11.9 Å². The Morgan fingerprint density at radius 2 is 2.00 bits per heavy atom. The fraction of sp³-hybridized carbons (Fsp3) is 0.467. The van der Waals surface area contributed by atoms with Crippen LogP contribution < -0.4 is 5.32 Å². The van der Waals surface area contributed by atoms with Crippen molar-refractivity contribution in [1.29, 1.82) is 0 Å². The van der Waals surface area contributed by atoms with Gasteiger partial charge >= 0.3 is 5.97 Å². The standard InChI is InChI=1S/C15H18BrNO3/c1-5-15(20-9(2)18)12-8-10(16)6-7-11(12)14(3,4)17-13(15)19/h6-8H,5H2,1-4H3,(H,17,19). The Kier molecular flexibility index (Phi) is 3.67. The first-order chi connectivity index (χ1) is 9.23. The van der Waals surface area contributed by atoms with Crippen LogP contribution in [0.15, 0.2) is 22.7 Å². The Labute approximate surface area is 127 Å². The number of carbonyl (C=O) groups excluding carboxylic acids is 2. The third-order valence-corrected chi connectivity index (χ3v) is 4.19. The third kappa shape index (κ3) is 2.24. The molecule has 1 amide bonds. The van der Waals surface area contributed by atoms with Crippen LogP contribution in [-0.2, 0) is 25.5 Å². The maximum Gasteiger partial charge on any atom is 0.304 e. The highest BCUT2D eigenvalue weighted by Crippen LogP contribution is 2.42. The molecule has 1 aliphatic heterocycles. The highest BCUT2D eigenvalue weighted by Gasteiger charge is 2.50. The highest BCUT2D eigenvalue weighted by atomic mass is 79.9. The number of rotatable bonds is 2. The van der Waals surface area contributed by atoms with Crippen LogP contribution in [0.5, 0.6) is 0 Å². The smallest absolute Gasteiger partial charge is 0.304 e. The molecule has 1 aliphatic rings. The molecule has 2 rings (SSSR count). The van der Waals surface area contributed by atoms with E-state index in [1.54, 1.807) is 0 Å². The van der Waals surface area contributed by atoms with Crippen molar-refractivity contribution in [2.45, 2.75) is 45.3 Å². The normalized spacial score (nSPS) is 23.8. The van der Waals surface area contributed by atoms with Gasteiger partial charge in [0.25, 0.3) is 5.91 Å². The second kappa shape index (κ2) is 4.88. The fourth-order valence-electron chi connectivity index (χ4n) is 2.74. The minimum Gasteiger partial charge on any atom is -0.444 e. The first-order valence-corrected chi connectivity index (χ1v) is 7.35. The molecule has 1 aromatic carbocycles. The van der Waals surface area contributed by atoms with Gasteiger partial charge in [-0.05, 0) is 38.0 Å². The summed E-state index contributed by atoms with van der Waals surface area (Å²) in [6, 6.07) is 5.74. The predicted octanol–water partition coefficient (Wildman–Crippen LogP) is 2.98. The predicted molar refractivity (Wildman–Crippen MR) is 79.0 cm³/mol. The van der Waals surface area contributed by atoms with Gasteiger partial charge in [-0.3, -0.25) is 9.59 Å².